The van der Waals surface area contributed by atoms with Gasteiger partial charge in [-0.2, -0.15) is 0 Å². The van der Waals surface area contributed by atoms with Crippen molar-refractivity contribution >= 4 is 11.8 Å². The van der Waals surface area contributed by atoms with Crippen molar-refractivity contribution < 1.29 is 0 Å². The van der Waals surface area contributed by atoms with Gasteiger partial charge in [-0.05, 0) is 45.1 Å². The van der Waals surface area contributed by atoms with Crippen molar-refractivity contribution in [2.45, 2.75) is 60.9 Å². The van der Waals surface area contributed by atoms with Crippen LogP contribution in [0.15, 0.2) is 5.16 Å². The molecule has 2 saturated carbocycles. The Kier molecular flexibility index (Phi) is 2.84. The predicted octanol–water partition coefficient (Wildman–Crippen LogP) is 2.33. The molecule has 3 fully saturated rings. The molecular weight excluding hydrogens is 244 g/mol. The highest BCUT2D eigenvalue weighted by Crippen LogP contribution is 2.46. The van der Waals surface area contributed by atoms with Crippen LogP contribution in [0.1, 0.15) is 56.3 Å². The van der Waals surface area contributed by atoms with E-state index in [2.05, 4.69) is 20.1 Å². The van der Waals surface area contributed by atoms with E-state index in [0.717, 1.165) is 18.5 Å². The van der Waals surface area contributed by atoms with Crippen LogP contribution in [0.25, 0.3) is 0 Å². The van der Waals surface area contributed by atoms with Crippen molar-refractivity contribution in [1.29, 1.82) is 0 Å². The zero-order valence-electron chi connectivity index (χ0n) is 10.6. The largest absolute Gasteiger partial charge is 0.316 e. The van der Waals surface area contributed by atoms with Gasteiger partial charge in [-0.15, -0.1) is 10.2 Å². The van der Waals surface area contributed by atoms with Gasteiger partial charge < -0.3 is 9.88 Å². The molecular formula is C13H20N4S. The van der Waals surface area contributed by atoms with E-state index in [1.165, 1.54) is 56.1 Å². The Bertz CT molecular complexity index is 430. The highest BCUT2D eigenvalue weighted by molar-refractivity contribution is 7.99. The minimum Gasteiger partial charge on any atom is -0.316 e. The Morgan fingerprint density at radius 2 is 2.00 bits per heavy atom. The fourth-order valence-corrected chi connectivity index (χ4v) is 3.96. The first-order valence-corrected chi connectivity index (χ1v) is 8.12. The Balaban J connectivity index is 1.55. The molecule has 0 bridgehead atoms. The van der Waals surface area contributed by atoms with Gasteiger partial charge in [-0.25, -0.2) is 0 Å². The number of hydrogen-bond acceptors (Lipinski definition) is 4. The van der Waals surface area contributed by atoms with Gasteiger partial charge in [0.05, 0.1) is 0 Å². The fraction of sp³-hybridized carbons (Fsp3) is 0.846. The first kappa shape index (κ1) is 11.3. The van der Waals surface area contributed by atoms with Crippen LogP contribution in [-0.4, -0.2) is 33.1 Å². The molecule has 0 amide bonds. The summed E-state index contributed by atoms with van der Waals surface area (Å²) >= 11 is 1.95. The molecule has 1 aromatic heterocycles. The van der Waals surface area contributed by atoms with Crippen LogP contribution in [0, 0.1) is 0 Å². The molecule has 1 atom stereocenters. The van der Waals surface area contributed by atoms with Crippen LogP contribution in [0.3, 0.4) is 0 Å². The average molecular weight is 264 g/mol. The second kappa shape index (κ2) is 4.53. The SMILES string of the molecule is C1CNCC(Sc2nnc(C3CC3)n2C2CC2)C1. The number of piperidine rings is 1. The van der Waals surface area contributed by atoms with Crippen molar-refractivity contribution in [3.05, 3.63) is 5.82 Å². The molecule has 0 spiro atoms. The number of thioether (sulfide) groups is 1. The minimum absolute atomic E-state index is 0.688. The maximum atomic E-state index is 4.48. The zero-order chi connectivity index (χ0) is 11.9. The molecule has 1 aromatic rings. The quantitative estimate of drug-likeness (QED) is 0.906. The van der Waals surface area contributed by atoms with Crippen LogP contribution in [0.5, 0.6) is 0 Å². The van der Waals surface area contributed by atoms with Gasteiger partial charge in [0.2, 0.25) is 0 Å². The summed E-state index contributed by atoms with van der Waals surface area (Å²) in [5.74, 6) is 2.00. The normalized spacial score (nSPS) is 28.6. The second-order valence-corrected chi connectivity index (χ2v) is 7.07. The number of nitrogens with zero attached hydrogens (tertiary/aromatic N) is 3. The lowest BCUT2D eigenvalue weighted by atomic mass is 10.2. The topological polar surface area (TPSA) is 42.7 Å². The smallest absolute Gasteiger partial charge is 0.191 e. The van der Waals surface area contributed by atoms with E-state index in [1.54, 1.807) is 0 Å². The molecule has 1 N–H and O–H groups in total. The van der Waals surface area contributed by atoms with Crippen LogP contribution in [0.2, 0.25) is 0 Å². The van der Waals surface area contributed by atoms with E-state index < -0.39 is 0 Å². The van der Waals surface area contributed by atoms with Crippen molar-refractivity contribution in [1.82, 2.24) is 20.1 Å². The molecule has 0 aromatic carbocycles. The Morgan fingerprint density at radius 1 is 1.11 bits per heavy atom. The van der Waals surface area contributed by atoms with E-state index >= 15 is 0 Å². The van der Waals surface area contributed by atoms with Crippen molar-refractivity contribution in [3.8, 4) is 0 Å². The van der Waals surface area contributed by atoms with Gasteiger partial charge in [0.1, 0.15) is 5.82 Å². The first-order valence-electron chi connectivity index (χ1n) is 7.24. The standard InChI is InChI=1S/C13H20N4S/c1-2-11(8-14-7-1)18-13-16-15-12(9-3-4-9)17(13)10-5-6-10/h9-11,14H,1-8H2. The highest BCUT2D eigenvalue weighted by Gasteiger charge is 2.36. The number of hydrogen-bond donors (Lipinski definition) is 1. The predicted molar refractivity (Wildman–Crippen MR) is 72.0 cm³/mol. The van der Waals surface area contributed by atoms with Crippen LogP contribution >= 0.6 is 11.8 Å². The monoisotopic (exact) mass is 264 g/mol. The Hall–Kier alpha value is -0.550. The average Bonchev–Trinajstić information content (AvgIpc) is 3.31. The van der Waals surface area contributed by atoms with Crippen molar-refractivity contribution in [3.63, 3.8) is 0 Å². The lowest BCUT2D eigenvalue weighted by Crippen LogP contribution is -2.31. The molecule has 98 valence electrons. The van der Waals surface area contributed by atoms with Gasteiger partial charge in [0.15, 0.2) is 5.16 Å². The van der Waals surface area contributed by atoms with Gasteiger partial charge in [0, 0.05) is 23.8 Å². The van der Waals surface area contributed by atoms with E-state index in [0.29, 0.717) is 5.25 Å². The summed E-state index contributed by atoms with van der Waals surface area (Å²) in [6, 6.07) is 0.717. The molecule has 0 radical (unpaired) electrons. The van der Waals surface area contributed by atoms with Gasteiger partial charge in [-0.3, -0.25) is 0 Å². The summed E-state index contributed by atoms with van der Waals surface area (Å²) in [6.07, 6.45) is 7.90. The Morgan fingerprint density at radius 3 is 2.67 bits per heavy atom. The minimum atomic E-state index is 0.688. The number of nitrogens with one attached hydrogen (secondary N) is 1. The summed E-state index contributed by atoms with van der Waals surface area (Å²) in [6.45, 7) is 2.31. The number of rotatable bonds is 4. The molecule has 1 saturated heterocycles. The molecule has 2 heterocycles. The van der Waals surface area contributed by atoms with Crippen LogP contribution in [-0.2, 0) is 0 Å². The third-order valence-corrected chi connectivity index (χ3v) is 5.29. The third-order valence-electron chi connectivity index (χ3n) is 4.07. The summed E-state index contributed by atoms with van der Waals surface area (Å²) in [5, 5.41) is 14.3. The molecule has 1 unspecified atom stereocenters. The van der Waals surface area contributed by atoms with E-state index in [9.17, 15) is 0 Å². The summed E-state index contributed by atoms with van der Waals surface area (Å²) < 4.78 is 2.47. The molecule has 4 rings (SSSR count). The molecule has 1 aliphatic heterocycles. The van der Waals surface area contributed by atoms with Crippen LogP contribution < -0.4 is 5.32 Å². The zero-order valence-corrected chi connectivity index (χ0v) is 11.5. The van der Waals surface area contributed by atoms with E-state index in [1.807, 2.05) is 11.8 Å². The molecule has 3 aliphatic rings. The maximum Gasteiger partial charge on any atom is 0.191 e. The first-order chi connectivity index (χ1) is 8.92. The van der Waals surface area contributed by atoms with Crippen molar-refractivity contribution in [2.24, 2.45) is 0 Å². The lowest BCUT2D eigenvalue weighted by Gasteiger charge is -2.21. The highest BCUT2D eigenvalue weighted by atomic mass is 32.2. The second-order valence-electron chi connectivity index (χ2n) is 5.80. The van der Waals surface area contributed by atoms with Crippen molar-refractivity contribution in [2.75, 3.05) is 13.1 Å². The summed E-state index contributed by atoms with van der Waals surface area (Å²) in [7, 11) is 0. The summed E-state index contributed by atoms with van der Waals surface area (Å²) in [4.78, 5) is 0. The van der Waals surface area contributed by atoms with Gasteiger partial charge in [0.25, 0.3) is 0 Å². The molecule has 18 heavy (non-hydrogen) atoms. The molecule has 2 aliphatic carbocycles. The van der Waals surface area contributed by atoms with E-state index in [-0.39, 0.29) is 0 Å². The Labute approximate surface area is 112 Å². The van der Waals surface area contributed by atoms with E-state index in [4.69, 9.17) is 0 Å². The van der Waals surface area contributed by atoms with Gasteiger partial charge in [-0.1, -0.05) is 11.8 Å². The number of aromatic nitrogens is 3. The van der Waals surface area contributed by atoms with Gasteiger partial charge >= 0.3 is 0 Å². The lowest BCUT2D eigenvalue weighted by molar-refractivity contribution is 0.528. The van der Waals surface area contributed by atoms with Crippen LogP contribution in [0.4, 0.5) is 0 Å². The molecule has 5 heteroatoms. The third kappa shape index (κ3) is 2.18. The maximum absolute atomic E-state index is 4.48. The molecule has 4 nitrogen and oxygen atoms in total. The summed E-state index contributed by atoms with van der Waals surface area (Å²) in [5.41, 5.74) is 0. The fourth-order valence-electron chi connectivity index (χ4n) is 2.73.